The molecule has 4 atom stereocenters. The smallest absolute Gasteiger partial charge is 0.410 e. The summed E-state index contributed by atoms with van der Waals surface area (Å²) < 4.78 is 73.7. The van der Waals surface area contributed by atoms with Crippen LogP contribution in [-0.2, 0) is 4.74 Å². The summed E-state index contributed by atoms with van der Waals surface area (Å²) in [5, 5.41) is 0.592. The number of fused-ring (bicyclic) bond motifs is 5. The molecule has 4 aliphatic rings. The van der Waals surface area contributed by atoms with Gasteiger partial charge in [0.2, 0.25) is 0 Å². The molecular formula is C38H40ClF4N5O3. The zero-order valence-corrected chi connectivity index (χ0v) is 29.8. The Hall–Kier alpha value is -3.90. The molecule has 270 valence electrons. The number of rotatable bonds is 5. The van der Waals surface area contributed by atoms with Crippen LogP contribution in [0.1, 0.15) is 58.4 Å². The van der Waals surface area contributed by atoms with Crippen LogP contribution >= 0.6 is 11.6 Å². The first-order valence-corrected chi connectivity index (χ1v) is 18.0. The lowest BCUT2D eigenvalue weighted by Crippen LogP contribution is -2.57. The topological polar surface area (TPSA) is 71.0 Å². The van der Waals surface area contributed by atoms with Crippen molar-refractivity contribution in [2.75, 3.05) is 37.7 Å². The molecule has 0 aliphatic carbocycles. The van der Waals surface area contributed by atoms with E-state index in [0.717, 1.165) is 38.3 Å². The van der Waals surface area contributed by atoms with Crippen molar-refractivity contribution < 1.29 is 31.8 Å². The molecule has 3 aromatic carbocycles. The number of benzene rings is 3. The Labute approximate surface area is 298 Å². The molecule has 2 unspecified atom stereocenters. The number of halogens is 5. The van der Waals surface area contributed by atoms with Crippen LogP contribution in [0.15, 0.2) is 30.3 Å². The van der Waals surface area contributed by atoms with Crippen LogP contribution in [0.3, 0.4) is 0 Å². The van der Waals surface area contributed by atoms with Gasteiger partial charge in [0.1, 0.15) is 29.7 Å². The van der Waals surface area contributed by atoms with E-state index in [4.69, 9.17) is 26.1 Å². The number of ether oxygens (including phenoxy) is 2. The standard InChI is InChI=1S/C38H40ClF4N5O3/c1-20-12-21-6-9-28(41)31(42)29(21)25(13-20)30-27(39)14-26-33(32(30)43)44-35(50-19-38-10-5-11-47(38)16-22(40)15-38)45-34(26)46-17-23-7-8-24(18-46)48(23)36(49)51-37(2,3)4/h6,9,12-14,22-24H,5,7-8,10-11,15-19H2,1-4H3/t22-,23?,24?,38+/m1/s1. The van der Waals surface area contributed by atoms with Crippen LogP contribution in [0.2, 0.25) is 5.02 Å². The van der Waals surface area contributed by atoms with Crippen LogP contribution < -0.4 is 9.64 Å². The first kappa shape index (κ1) is 34.2. The number of hydrogen-bond acceptors (Lipinski definition) is 7. The number of piperazine rings is 1. The highest BCUT2D eigenvalue weighted by Crippen LogP contribution is 2.45. The minimum absolute atomic E-state index is 0.0233. The van der Waals surface area contributed by atoms with Crippen LogP contribution in [0.4, 0.5) is 28.2 Å². The molecule has 4 aliphatic heterocycles. The molecule has 4 aromatic rings. The molecule has 0 radical (unpaired) electrons. The first-order valence-electron chi connectivity index (χ1n) is 17.6. The van der Waals surface area contributed by atoms with Crippen molar-refractivity contribution >= 4 is 45.2 Å². The molecule has 13 heteroatoms. The molecule has 4 saturated heterocycles. The van der Waals surface area contributed by atoms with Gasteiger partial charge in [0, 0.05) is 42.4 Å². The summed E-state index contributed by atoms with van der Waals surface area (Å²) in [5.74, 6) is -2.62. The van der Waals surface area contributed by atoms with Gasteiger partial charge in [-0.2, -0.15) is 9.97 Å². The van der Waals surface area contributed by atoms with Crippen molar-refractivity contribution in [3.05, 3.63) is 58.4 Å². The number of hydrogen-bond donors (Lipinski definition) is 0. The minimum atomic E-state index is -1.10. The Morgan fingerprint density at radius 1 is 1.04 bits per heavy atom. The number of aryl methyl sites for hydroxylation is 1. The fourth-order valence-corrected chi connectivity index (χ4v) is 9.09. The summed E-state index contributed by atoms with van der Waals surface area (Å²) in [6.07, 6.45) is 2.20. The quantitative estimate of drug-likeness (QED) is 0.192. The van der Waals surface area contributed by atoms with Gasteiger partial charge in [-0.3, -0.25) is 9.80 Å². The van der Waals surface area contributed by atoms with E-state index in [1.807, 2.05) is 25.7 Å². The zero-order valence-electron chi connectivity index (χ0n) is 29.0. The highest BCUT2D eigenvalue weighted by Gasteiger charge is 2.50. The number of carbonyl (C=O) groups is 1. The Morgan fingerprint density at radius 2 is 1.78 bits per heavy atom. The number of amides is 1. The third-order valence-corrected chi connectivity index (χ3v) is 11.2. The van der Waals surface area contributed by atoms with Gasteiger partial charge in [-0.05, 0) is 88.6 Å². The molecule has 1 amide bonds. The van der Waals surface area contributed by atoms with Gasteiger partial charge < -0.3 is 14.4 Å². The summed E-state index contributed by atoms with van der Waals surface area (Å²) in [6.45, 7) is 9.32. The predicted molar refractivity (Wildman–Crippen MR) is 188 cm³/mol. The molecule has 1 aromatic heterocycles. The molecule has 51 heavy (non-hydrogen) atoms. The van der Waals surface area contributed by atoms with Crippen LogP contribution in [-0.4, -0.2) is 88.0 Å². The highest BCUT2D eigenvalue weighted by atomic mass is 35.5. The lowest BCUT2D eigenvalue weighted by molar-refractivity contribution is 0.0122. The van der Waals surface area contributed by atoms with Gasteiger partial charge in [0.15, 0.2) is 17.5 Å². The molecule has 2 bridgehead atoms. The van der Waals surface area contributed by atoms with Crippen molar-refractivity contribution in [2.24, 2.45) is 0 Å². The summed E-state index contributed by atoms with van der Waals surface area (Å²) in [6, 6.07) is 6.90. The van der Waals surface area contributed by atoms with Crippen molar-refractivity contribution in [3.63, 3.8) is 0 Å². The Kier molecular flexibility index (Phi) is 8.29. The second kappa shape index (κ2) is 12.4. The van der Waals surface area contributed by atoms with Crippen molar-refractivity contribution in [1.29, 1.82) is 0 Å². The Balaban J connectivity index is 1.24. The van der Waals surface area contributed by atoms with E-state index < -0.39 is 34.8 Å². The van der Waals surface area contributed by atoms with Gasteiger partial charge in [-0.1, -0.05) is 29.8 Å². The zero-order chi connectivity index (χ0) is 36.0. The summed E-state index contributed by atoms with van der Waals surface area (Å²) >= 11 is 6.88. The van der Waals surface area contributed by atoms with Crippen molar-refractivity contribution in [1.82, 2.24) is 19.8 Å². The predicted octanol–water partition coefficient (Wildman–Crippen LogP) is 8.37. The largest absolute Gasteiger partial charge is 0.461 e. The van der Waals surface area contributed by atoms with E-state index >= 15 is 8.78 Å². The van der Waals surface area contributed by atoms with Gasteiger partial charge in [0.25, 0.3) is 0 Å². The fraction of sp³-hybridized carbons (Fsp3) is 0.500. The molecule has 8 rings (SSSR count). The Morgan fingerprint density at radius 3 is 2.51 bits per heavy atom. The van der Waals surface area contributed by atoms with Crippen LogP contribution in [0.25, 0.3) is 32.8 Å². The average molecular weight is 726 g/mol. The number of anilines is 1. The van der Waals surface area contributed by atoms with Gasteiger partial charge in [0.05, 0.1) is 22.6 Å². The summed E-state index contributed by atoms with van der Waals surface area (Å²) in [4.78, 5) is 28.5. The summed E-state index contributed by atoms with van der Waals surface area (Å²) in [7, 11) is 0. The van der Waals surface area contributed by atoms with Crippen molar-refractivity contribution in [3.8, 4) is 17.1 Å². The SMILES string of the molecule is Cc1cc(-c2c(Cl)cc3c(N4CC5CCC(C4)N5C(=O)OC(C)(C)C)nc(OC[C@@]45CCCN4C[C@H](F)C5)nc3c2F)c2c(F)c(F)ccc2c1. The van der Waals surface area contributed by atoms with Crippen molar-refractivity contribution in [2.45, 2.75) is 89.2 Å². The summed E-state index contributed by atoms with van der Waals surface area (Å²) in [5.41, 5.74) is -0.571. The molecule has 0 N–H and O–H groups in total. The van der Waals surface area contributed by atoms with Gasteiger partial charge in [-0.15, -0.1) is 0 Å². The first-order chi connectivity index (χ1) is 24.2. The number of nitrogens with zero attached hydrogens (tertiary/aromatic N) is 5. The van der Waals surface area contributed by atoms with Gasteiger partial charge in [-0.25, -0.2) is 22.4 Å². The maximum atomic E-state index is 17.1. The van der Waals surface area contributed by atoms with E-state index in [-0.39, 0.29) is 57.8 Å². The second-order valence-corrected chi connectivity index (χ2v) is 16.0. The highest BCUT2D eigenvalue weighted by molar-refractivity contribution is 6.35. The van der Waals surface area contributed by atoms with E-state index in [1.54, 1.807) is 30.0 Å². The second-order valence-electron chi connectivity index (χ2n) is 15.6. The lowest BCUT2D eigenvalue weighted by Gasteiger charge is -2.42. The molecule has 0 saturated carbocycles. The normalized spacial score (nSPS) is 24.9. The van der Waals surface area contributed by atoms with E-state index in [2.05, 4.69) is 9.88 Å². The Bertz CT molecular complexity index is 2060. The maximum absolute atomic E-state index is 17.1. The molecule has 4 fully saturated rings. The van der Waals surface area contributed by atoms with E-state index in [9.17, 15) is 13.6 Å². The third kappa shape index (κ3) is 5.92. The van der Waals surface area contributed by atoms with E-state index in [0.29, 0.717) is 48.2 Å². The molecule has 0 spiro atoms. The fourth-order valence-electron chi connectivity index (χ4n) is 8.79. The number of carbonyl (C=O) groups excluding carboxylic acids is 1. The molecular weight excluding hydrogens is 686 g/mol. The molecule has 8 nitrogen and oxygen atoms in total. The molecule has 5 heterocycles. The van der Waals surface area contributed by atoms with Crippen LogP contribution in [0, 0.1) is 24.4 Å². The van der Waals surface area contributed by atoms with Crippen LogP contribution in [0.5, 0.6) is 6.01 Å². The minimum Gasteiger partial charge on any atom is -0.461 e. The third-order valence-electron chi connectivity index (χ3n) is 10.9. The lowest BCUT2D eigenvalue weighted by atomic mass is 9.94. The average Bonchev–Trinajstić information content (AvgIpc) is 3.67. The van der Waals surface area contributed by atoms with E-state index in [1.165, 1.54) is 6.07 Å². The number of aromatic nitrogens is 2. The number of alkyl halides is 1. The maximum Gasteiger partial charge on any atom is 0.410 e. The van der Waals surface area contributed by atoms with Gasteiger partial charge >= 0.3 is 12.1 Å². The monoisotopic (exact) mass is 725 g/mol.